The van der Waals surface area contributed by atoms with Crippen molar-refractivity contribution in [1.82, 2.24) is 10.2 Å². The van der Waals surface area contributed by atoms with E-state index in [1.807, 2.05) is 38.1 Å². The maximum absolute atomic E-state index is 13.2. The molecule has 0 saturated carbocycles. The first-order chi connectivity index (χ1) is 14.2. The predicted octanol–water partition coefficient (Wildman–Crippen LogP) is 4.88. The van der Waals surface area contributed by atoms with Crippen LogP contribution in [0.25, 0.3) is 0 Å². The van der Waals surface area contributed by atoms with Crippen LogP contribution in [-0.2, 0) is 22.6 Å². The molecule has 0 heterocycles. The number of hydrogen-bond acceptors (Lipinski definition) is 3. The summed E-state index contributed by atoms with van der Waals surface area (Å²) in [5.74, 6) is 0.380. The van der Waals surface area contributed by atoms with Crippen molar-refractivity contribution in [3.05, 3.63) is 63.6 Å². The minimum atomic E-state index is -0.640. The van der Waals surface area contributed by atoms with Gasteiger partial charge in [-0.15, -0.1) is 0 Å². The highest BCUT2D eigenvalue weighted by Gasteiger charge is 2.27. The van der Waals surface area contributed by atoms with E-state index in [2.05, 4.69) is 5.32 Å². The highest BCUT2D eigenvalue weighted by Crippen LogP contribution is 2.24. The fourth-order valence-electron chi connectivity index (χ4n) is 2.90. The molecule has 2 aromatic rings. The topological polar surface area (TPSA) is 58.6 Å². The second kappa shape index (κ2) is 11.2. The summed E-state index contributed by atoms with van der Waals surface area (Å²) in [5.41, 5.74) is 1.64. The highest BCUT2D eigenvalue weighted by atomic mass is 35.5. The van der Waals surface area contributed by atoms with Crippen molar-refractivity contribution in [1.29, 1.82) is 0 Å². The molecule has 0 bridgehead atoms. The van der Waals surface area contributed by atoms with E-state index in [1.165, 1.54) is 0 Å². The maximum atomic E-state index is 13.2. The molecule has 2 aromatic carbocycles. The molecular formula is C23H28Cl2N2O3. The molecule has 2 amide bonds. The lowest BCUT2D eigenvalue weighted by Crippen LogP contribution is -2.49. The molecule has 162 valence electrons. The standard InChI is InChI=1S/C23H28Cl2N2O3/c1-5-15(2)26-23(29)16(3)27(14-18-8-11-20(24)21(25)12-18)22(28)13-17-6-9-19(30-4)10-7-17/h6-12,15-16H,5,13-14H2,1-4H3,(H,26,29)/t15-,16+/m0/s1. The van der Waals surface area contributed by atoms with E-state index >= 15 is 0 Å². The van der Waals surface area contributed by atoms with Crippen LogP contribution in [0.15, 0.2) is 42.5 Å². The van der Waals surface area contributed by atoms with Gasteiger partial charge in [-0.25, -0.2) is 0 Å². The molecule has 2 rings (SSSR count). The van der Waals surface area contributed by atoms with Gasteiger partial charge in [-0.05, 0) is 55.7 Å². The van der Waals surface area contributed by atoms with Gasteiger partial charge in [-0.3, -0.25) is 9.59 Å². The van der Waals surface area contributed by atoms with Gasteiger partial charge in [0.05, 0.1) is 23.6 Å². The van der Waals surface area contributed by atoms with Gasteiger partial charge < -0.3 is 15.0 Å². The Morgan fingerprint density at radius 3 is 2.23 bits per heavy atom. The second-order valence-corrected chi connectivity index (χ2v) is 8.10. The van der Waals surface area contributed by atoms with Gasteiger partial charge in [0.2, 0.25) is 11.8 Å². The smallest absolute Gasteiger partial charge is 0.242 e. The van der Waals surface area contributed by atoms with Crippen LogP contribution in [0.1, 0.15) is 38.3 Å². The van der Waals surface area contributed by atoms with Gasteiger partial charge in [0.25, 0.3) is 0 Å². The van der Waals surface area contributed by atoms with E-state index in [0.29, 0.717) is 10.0 Å². The number of rotatable bonds is 9. The molecule has 0 aliphatic heterocycles. The maximum Gasteiger partial charge on any atom is 0.242 e. The van der Waals surface area contributed by atoms with Crippen LogP contribution in [0.2, 0.25) is 10.0 Å². The van der Waals surface area contributed by atoms with Crippen molar-refractivity contribution < 1.29 is 14.3 Å². The van der Waals surface area contributed by atoms with Crippen LogP contribution in [-0.4, -0.2) is 35.9 Å². The fraction of sp³-hybridized carbons (Fsp3) is 0.391. The summed E-state index contributed by atoms with van der Waals surface area (Å²) in [6, 6.07) is 11.9. The van der Waals surface area contributed by atoms with Gasteiger partial charge in [-0.1, -0.05) is 48.3 Å². The van der Waals surface area contributed by atoms with Gasteiger partial charge in [0.1, 0.15) is 11.8 Å². The number of amides is 2. The first-order valence-corrected chi connectivity index (χ1v) is 10.7. The third-order valence-electron chi connectivity index (χ3n) is 5.02. The summed E-state index contributed by atoms with van der Waals surface area (Å²) in [6.45, 7) is 5.92. The van der Waals surface area contributed by atoms with Crippen molar-refractivity contribution in [2.75, 3.05) is 7.11 Å². The second-order valence-electron chi connectivity index (χ2n) is 7.29. The van der Waals surface area contributed by atoms with Crippen molar-refractivity contribution >= 4 is 35.0 Å². The van der Waals surface area contributed by atoms with E-state index in [0.717, 1.165) is 23.3 Å². The van der Waals surface area contributed by atoms with Crippen LogP contribution in [0.4, 0.5) is 0 Å². The number of halogens is 2. The number of hydrogen-bond donors (Lipinski definition) is 1. The van der Waals surface area contributed by atoms with E-state index < -0.39 is 6.04 Å². The number of carbonyl (C=O) groups excluding carboxylic acids is 2. The van der Waals surface area contributed by atoms with Crippen LogP contribution < -0.4 is 10.1 Å². The Morgan fingerprint density at radius 1 is 1.03 bits per heavy atom. The molecule has 1 N–H and O–H groups in total. The monoisotopic (exact) mass is 450 g/mol. The molecule has 2 atom stereocenters. The van der Waals surface area contributed by atoms with Crippen molar-refractivity contribution in [2.45, 2.75) is 52.2 Å². The molecule has 0 fully saturated rings. The Labute approximate surface area is 188 Å². The number of ether oxygens (including phenoxy) is 1. The summed E-state index contributed by atoms with van der Waals surface area (Å²) in [4.78, 5) is 27.5. The summed E-state index contributed by atoms with van der Waals surface area (Å²) in [5, 5.41) is 3.81. The third kappa shape index (κ3) is 6.64. The summed E-state index contributed by atoms with van der Waals surface area (Å²) < 4.78 is 5.17. The van der Waals surface area contributed by atoms with E-state index in [4.69, 9.17) is 27.9 Å². The molecule has 7 heteroatoms. The van der Waals surface area contributed by atoms with Crippen LogP contribution >= 0.6 is 23.2 Å². The zero-order valence-corrected chi connectivity index (χ0v) is 19.3. The molecule has 0 radical (unpaired) electrons. The van der Waals surface area contributed by atoms with Crippen LogP contribution in [0.3, 0.4) is 0 Å². The van der Waals surface area contributed by atoms with Crippen molar-refractivity contribution in [3.63, 3.8) is 0 Å². The Bertz CT molecular complexity index is 871. The largest absolute Gasteiger partial charge is 0.497 e. The average Bonchev–Trinajstić information content (AvgIpc) is 2.74. The highest BCUT2D eigenvalue weighted by molar-refractivity contribution is 6.42. The lowest BCUT2D eigenvalue weighted by Gasteiger charge is -2.30. The number of carbonyl (C=O) groups is 2. The average molecular weight is 451 g/mol. The Kier molecular flexibility index (Phi) is 9.00. The lowest BCUT2D eigenvalue weighted by atomic mass is 10.1. The molecule has 0 unspecified atom stereocenters. The molecule has 30 heavy (non-hydrogen) atoms. The predicted molar refractivity (Wildman–Crippen MR) is 121 cm³/mol. The Hall–Kier alpha value is -2.24. The Morgan fingerprint density at radius 2 is 1.67 bits per heavy atom. The first-order valence-electron chi connectivity index (χ1n) is 9.91. The zero-order chi connectivity index (χ0) is 22.3. The number of nitrogens with one attached hydrogen (secondary N) is 1. The van der Waals surface area contributed by atoms with Gasteiger partial charge >= 0.3 is 0 Å². The molecule has 0 aromatic heterocycles. The van der Waals surface area contributed by atoms with E-state index in [1.54, 1.807) is 37.1 Å². The van der Waals surface area contributed by atoms with Crippen LogP contribution in [0, 0.1) is 0 Å². The fourth-order valence-corrected chi connectivity index (χ4v) is 3.22. The normalized spacial score (nSPS) is 12.7. The quantitative estimate of drug-likeness (QED) is 0.592. The van der Waals surface area contributed by atoms with Gasteiger partial charge in [0.15, 0.2) is 0 Å². The Balaban J connectivity index is 2.24. The molecule has 0 spiro atoms. The number of benzene rings is 2. The zero-order valence-electron chi connectivity index (χ0n) is 17.7. The third-order valence-corrected chi connectivity index (χ3v) is 5.76. The lowest BCUT2D eigenvalue weighted by molar-refractivity contribution is -0.140. The molecular weight excluding hydrogens is 423 g/mol. The molecule has 0 aliphatic carbocycles. The minimum Gasteiger partial charge on any atom is -0.497 e. The van der Waals surface area contributed by atoms with Gasteiger partial charge in [-0.2, -0.15) is 0 Å². The summed E-state index contributed by atoms with van der Waals surface area (Å²) in [6.07, 6.45) is 0.983. The molecule has 5 nitrogen and oxygen atoms in total. The van der Waals surface area contributed by atoms with Crippen molar-refractivity contribution in [3.8, 4) is 5.75 Å². The SMILES string of the molecule is CC[C@H](C)NC(=O)[C@@H](C)N(Cc1ccc(Cl)c(Cl)c1)C(=O)Cc1ccc(OC)cc1. The van der Waals surface area contributed by atoms with E-state index in [9.17, 15) is 9.59 Å². The van der Waals surface area contributed by atoms with Gasteiger partial charge in [0, 0.05) is 12.6 Å². The minimum absolute atomic E-state index is 0.0310. The number of nitrogens with zero attached hydrogens (tertiary/aromatic N) is 1. The van der Waals surface area contributed by atoms with E-state index in [-0.39, 0.29) is 30.8 Å². The molecule has 0 aliphatic rings. The summed E-state index contributed by atoms with van der Waals surface area (Å²) in [7, 11) is 1.59. The number of methoxy groups -OCH3 is 1. The first kappa shape index (κ1) is 24.0. The summed E-state index contributed by atoms with van der Waals surface area (Å²) >= 11 is 12.1. The molecule has 0 saturated heterocycles. The van der Waals surface area contributed by atoms with Crippen molar-refractivity contribution in [2.24, 2.45) is 0 Å². The van der Waals surface area contributed by atoms with Crippen LogP contribution in [0.5, 0.6) is 5.75 Å².